The molecule has 6 heteroatoms. The highest BCUT2D eigenvalue weighted by atomic mass is 16.2. The minimum Gasteiger partial charge on any atom is -0.355 e. The molecule has 3 fully saturated rings. The summed E-state index contributed by atoms with van der Waals surface area (Å²) in [5, 5.41) is 3.16. The quantitative estimate of drug-likeness (QED) is 0.705. The summed E-state index contributed by atoms with van der Waals surface area (Å²) in [5.74, 6) is 0.682. The minimum absolute atomic E-state index is 0.000984. The monoisotopic (exact) mass is 406 g/mol. The van der Waals surface area contributed by atoms with E-state index in [1.807, 2.05) is 11.8 Å². The number of likely N-dealkylation sites (tertiary alicyclic amines) is 3. The summed E-state index contributed by atoms with van der Waals surface area (Å²) < 4.78 is 0. The van der Waals surface area contributed by atoms with E-state index in [1.165, 1.54) is 45.2 Å². The first kappa shape index (κ1) is 22.5. The average molecular weight is 407 g/mol. The largest absolute Gasteiger partial charge is 0.355 e. The van der Waals surface area contributed by atoms with Crippen LogP contribution in [0.2, 0.25) is 0 Å². The summed E-state index contributed by atoms with van der Waals surface area (Å²) in [6.07, 6.45) is 7.84. The number of piperidine rings is 3. The molecule has 0 radical (unpaired) electrons. The zero-order valence-corrected chi connectivity index (χ0v) is 18.9. The molecule has 0 bridgehead atoms. The number of rotatable bonds is 7. The highest BCUT2D eigenvalue weighted by Crippen LogP contribution is 2.25. The van der Waals surface area contributed by atoms with E-state index in [0.29, 0.717) is 25.3 Å². The Morgan fingerprint density at radius 1 is 1.07 bits per heavy atom. The van der Waals surface area contributed by atoms with E-state index in [-0.39, 0.29) is 23.8 Å². The number of carbonyl (C=O) groups excluding carboxylic acids is 2. The maximum atomic E-state index is 12.8. The van der Waals surface area contributed by atoms with Gasteiger partial charge in [0.05, 0.1) is 5.92 Å². The Kier molecular flexibility index (Phi) is 8.36. The number of amides is 2. The maximum Gasteiger partial charge on any atom is 0.225 e. The van der Waals surface area contributed by atoms with Gasteiger partial charge in [-0.3, -0.25) is 9.59 Å². The molecule has 166 valence electrons. The van der Waals surface area contributed by atoms with Gasteiger partial charge in [-0.2, -0.15) is 0 Å². The van der Waals surface area contributed by atoms with Gasteiger partial charge in [0.15, 0.2) is 0 Å². The molecule has 1 N–H and O–H groups in total. The van der Waals surface area contributed by atoms with Crippen LogP contribution in [-0.4, -0.2) is 84.4 Å². The van der Waals surface area contributed by atoms with Crippen molar-refractivity contribution in [3.05, 3.63) is 0 Å². The number of hydrogen-bond donors (Lipinski definition) is 1. The lowest BCUT2D eigenvalue weighted by molar-refractivity contribution is -0.143. The lowest BCUT2D eigenvalue weighted by Gasteiger charge is -2.40. The minimum atomic E-state index is -0.0729. The Morgan fingerprint density at radius 2 is 1.76 bits per heavy atom. The number of nitrogens with one attached hydrogen (secondary N) is 1. The van der Waals surface area contributed by atoms with Crippen molar-refractivity contribution in [3.8, 4) is 0 Å². The third kappa shape index (κ3) is 6.17. The lowest BCUT2D eigenvalue weighted by atomic mass is 9.88. The molecular formula is C23H42N4O2. The maximum absolute atomic E-state index is 12.8. The fourth-order valence-corrected chi connectivity index (χ4v) is 5.38. The molecule has 2 amide bonds. The van der Waals surface area contributed by atoms with E-state index in [1.54, 1.807) is 0 Å². The predicted molar refractivity (Wildman–Crippen MR) is 117 cm³/mol. The molecule has 2 atom stereocenters. The van der Waals surface area contributed by atoms with E-state index in [9.17, 15) is 9.59 Å². The summed E-state index contributed by atoms with van der Waals surface area (Å²) in [6.45, 7) is 13.6. The van der Waals surface area contributed by atoms with E-state index in [4.69, 9.17) is 0 Å². The van der Waals surface area contributed by atoms with Crippen LogP contribution in [0.4, 0.5) is 0 Å². The van der Waals surface area contributed by atoms with Crippen molar-refractivity contribution >= 4 is 11.8 Å². The van der Waals surface area contributed by atoms with Gasteiger partial charge in [-0.05, 0) is 71.1 Å². The van der Waals surface area contributed by atoms with Crippen LogP contribution in [-0.2, 0) is 9.59 Å². The molecule has 3 saturated heterocycles. The van der Waals surface area contributed by atoms with Gasteiger partial charge >= 0.3 is 0 Å². The molecule has 3 heterocycles. The molecule has 0 aliphatic carbocycles. The van der Waals surface area contributed by atoms with Crippen LogP contribution in [0.1, 0.15) is 65.7 Å². The summed E-state index contributed by atoms with van der Waals surface area (Å²) in [4.78, 5) is 32.2. The van der Waals surface area contributed by atoms with Gasteiger partial charge in [0, 0.05) is 38.1 Å². The second-order valence-electron chi connectivity index (χ2n) is 9.79. The normalized spacial score (nSPS) is 28.1. The van der Waals surface area contributed by atoms with Gasteiger partial charge in [0.1, 0.15) is 0 Å². The Hall–Kier alpha value is -1.14. The lowest BCUT2D eigenvalue weighted by Crippen LogP contribution is -2.53. The van der Waals surface area contributed by atoms with Crippen LogP contribution in [0.25, 0.3) is 0 Å². The zero-order chi connectivity index (χ0) is 20.8. The molecule has 0 spiro atoms. The molecule has 0 aromatic heterocycles. The first-order chi connectivity index (χ1) is 14.0. The molecule has 3 aliphatic rings. The average Bonchev–Trinajstić information content (AvgIpc) is 2.72. The fraction of sp³-hybridized carbons (Fsp3) is 0.913. The summed E-state index contributed by atoms with van der Waals surface area (Å²) >= 11 is 0. The van der Waals surface area contributed by atoms with Gasteiger partial charge < -0.3 is 20.0 Å². The molecule has 3 aliphatic heterocycles. The topological polar surface area (TPSA) is 55.9 Å². The Morgan fingerprint density at radius 3 is 2.41 bits per heavy atom. The van der Waals surface area contributed by atoms with Crippen molar-refractivity contribution in [2.24, 2.45) is 11.8 Å². The van der Waals surface area contributed by atoms with Crippen LogP contribution >= 0.6 is 0 Å². The summed E-state index contributed by atoms with van der Waals surface area (Å²) in [6, 6.07) is 0.771. The third-order valence-corrected chi connectivity index (χ3v) is 7.15. The zero-order valence-electron chi connectivity index (χ0n) is 18.9. The van der Waals surface area contributed by atoms with Crippen molar-refractivity contribution in [3.63, 3.8) is 0 Å². The SMILES string of the molecule is CC(C)CN1C(=O)CCC(C(=O)NCCN2CCC(N3CCCCC3)CC2)C1C. The second kappa shape index (κ2) is 10.8. The van der Waals surface area contributed by atoms with Crippen LogP contribution in [0.5, 0.6) is 0 Å². The first-order valence-corrected chi connectivity index (χ1v) is 12.0. The molecule has 6 nitrogen and oxygen atoms in total. The van der Waals surface area contributed by atoms with E-state index < -0.39 is 0 Å². The fourth-order valence-electron chi connectivity index (χ4n) is 5.38. The third-order valence-electron chi connectivity index (χ3n) is 7.15. The molecule has 0 saturated carbocycles. The number of carbonyl (C=O) groups is 2. The van der Waals surface area contributed by atoms with Crippen LogP contribution in [0, 0.1) is 11.8 Å². The molecule has 0 aromatic carbocycles. The highest BCUT2D eigenvalue weighted by Gasteiger charge is 2.36. The molecule has 29 heavy (non-hydrogen) atoms. The van der Waals surface area contributed by atoms with Crippen LogP contribution in [0.3, 0.4) is 0 Å². The highest BCUT2D eigenvalue weighted by molar-refractivity contribution is 5.84. The smallest absolute Gasteiger partial charge is 0.225 e. The summed E-state index contributed by atoms with van der Waals surface area (Å²) in [7, 11) is 0. The molecule has 2 unspecified atom stereocenters. The van der Waals surface area contributed by atoms with E-state index in [2.05, 4.69) is 29.0 Å². The standard InChI is InChI=1S/C23H42N4O2/c1-18(2)17-27-19(3)21(7-8-22(27)28)23(29)24-11-16-25-14-9-20(10-15-25)26-12-5-4-6-13-26/h18-21H,4-17H2,1-3H3,(H,24,29). The van der Waals surface area contributed by atoms with Gasteiger partial charge in [-0.1, -0.05) is 20.3 Å². The van der Waals surface area contributed by atoms with Crippen molar-refractivity contribution in [2.75, 3.05) is 45.8 Å². The first-order valence-electron chi connectivity index (χ1n) is 12.0. The van der Waals surface area contributed by atoms with Gasteiger partial charge in [0.25, 0.3) is 0 Å². The van der Waals surface area contributed by atoms with Crippen molar-refractivity contribution in [1.82, 2.24) is 20.0 Å². The molecule has 0 aromatic rings. The van der Waals surface area contributed by atoms with Crippen molar-refractivity contribution < 1.29 is 9.59 Å². The van der Waals surface area contributed by atoms with Gasteiger partial charge in [-0.15, -0.1) is 0 Å². The molecule has 3 rings (SSSR count). The van der Waals surface area contributed by atoms with Crippen LogP contribution in [0.15, 0.2) is 0 Å². The Bertz CT molecular complexity index is 539. The number of hydrogen-bond acceptors (Lipinski definition) is 4. The second-order valence-corrected chi connectivity index (χ2v) is 9.79. The van der Waals surface area contributed by atoms with Crippen molar-refractivity contribution in [1.29, 1.82) is 0 Å². The number of nitrogens with zero attached hydrogens (tertiary/aromatic N) is 3. The van der Waals surface area contributed by atoms with Gasteiger partial charge in [0.2, 0.25) is 11.8 Å². The van der Waals surface area contributed by atoms with Crippen LogP contribution < -0.4 is 5.32 Å². The Labute approximate surface area is 177 Å². The predicted octanol–water partition coefficient (Wildman–Crippen LogP) is 2.34. The summed E-state index contributed by atoms with van der Waals surface area (Å²) in [5.41, 5.74) is 0. The Balaban J connectivity index is 1.37. The molecular weight excluding hydrogens is 364 g/mol. The van der Waals surface area contributed by atoms with E-state index >= 15 is 0 Å². The van der Waals surface area contributed by atoms with Crippen molar-refractivity contribution in [2.45, 2.75) is 77.8 Å². The van der Waals surface area contributed by atoms with Gasteiger partial charge in [-0.25, -0.2) is 0 Å². The van der Waals surface area contributed by atoms with E-state index in [0.717, 1.165) is 32.2 Å².